The van der Waals surface area contributed by atoms with Crippen molar-refractivity contribution in [3.8, 4) is 17.4 Å². The molecule has 1 aliphatic carbocycles. The van der Waals surface area contributed by atoms with E-state index in [9.17, 15) is 13.9 Å². The molecular formula is C22H19F2N3O4. The molecule has 0 amide bonds. The molecule has 1 atom stereocenters. The van der Waals surface area contributed by atoms with E-state index in [-0.39, 0.29) is 23.5 Å². The summed E-state index contributed by atoms with van der Waals surface area (Å²) in [6.07, 6.45) is -0.413. The van der Waals surface area contributed by atoms with Crippen LogP contribution in [0.15, 0.2) is 54.1 Å². The maximum atomic E-state index is 14.8. The fraction of sp³-hybridized carbons (Fsp3) is 0.227. The standard InChI is InChI=1S/C22H19F2N3O4/c1-29-18-4-2-3-17-26-21(19-13(23)6-7-14(28)20(19)24)22(27(17)18)25-12-5-8-15-16(11-12)31-10-9-30-15/h2-6,8,11,14,25,28H,7,9-10H2,1H3. The van der Waals surface area contributed by atoms with Gasteiger partial charge in [0.2, 0.25) is 5.88 Å². The number of nitrogens with one attached hydrogen (secondary N) is 1. The molecule has 3 heterocycles. The lowest BCUT2D eigenvalue weighted by Crippen LogP contribution is -2.15. The number of methoxy groups -OCH3 is 1. The number of fused-ring (bicyclic) bond motifs is 2. The monoisotopic (exact) mass is 427 g/mol. The van der Waals surface area contributed by atoms with E-state index in [4.69, 9.17) is 14.2 Å². The average molecular weight is 427 g/mol. The van der Waals surface area contributed by atoms with Crippen LogP contribution in [0, 0.1) is 0 Å². The first-order chi connectivity index (χ1) is 15.1. The van der Waals surface area contributed by atoms with Gasteiger partial charge in [-0.15, -0.1) is 0 Å². The van der Waals surface area contributed by atoms with Crippen molar-refractivity contribution >= 4 is 22.7 Å². The van der Waals surface area contributed by atoms with Gasteiger partial charge in [-0.3, -0.25) is 0 Å². The van der Waals surface area contributed by atoms with Crippen LogP contribution in [0.5, 0.6) is 17.4 Å². The fourth-order valence-corrected chi connectivity index (χ4v) is 3.70. The van der Waals surface area contributed by atoms with Crippen LogP contribution in [0.3, 0.4) is 0 Å². The number of imidazole rings is 1. The number of hydrogen-bond donors (Lipinski definition) is 2. The lowest BCUT2D eigenvalue weighted by atomic mass is 9.99. The maximum Gasteiger partial charge on any atom is 0.200 e. The molecule has 1 unspecified atom stereocenters. The molecule has 2 aliphatic rings. The SMILES string of the molecule is COc1cccc2nc(C3=C(F)C(O)CC=C3F)c(Nc3ccc4c(c3)OCCO4)n12. The summed E-state index contributed by atoms with van der Waals surface area (Å²) in [6.45, 7) is 0.896. The Labute approximate surface area is 176 Å². The van der Waals surface area contributed by atoms with Crippen molar-refractivity contribution in [2.75, 3.05) is 25.6 Å². The first kappa shape index (κ1) is 19.4. The van der Waals surface area contributed by atoms with Crippen molar-refractivity contribution in [2.24, 2.45) is 0 Å². The molecule has 2 N–H and O–H groups in total. The summed E-state index contributed by atoms with van der Waals surface area (Å²) < 4.78 is 47.8. The zero-order chi connectivity index (χ0) is 21.5. The second-order valence-electron chi connectivity index (χ2n) is 7.08. The molecule has 7 nitrogen and oxygen atoms in total. The Morgan fingerprint density at radius 3 is 2.77 bits per heavy atom. The fourth-order valence-electron chi connectivity index (χ4n) is 3.70. The van der Waals surface area contributed by atoms with Gasteiger partial charge >= 0.3 is 0 Å². The number of rotatable bonds is 4. The molecule has 3 aromatic rings. The number of hydrogen-bond acceptors (Lipinski definition) is 6. The maximum absolute atomic E-state index is 14.8. The quantitative estimate of drug-likeness (QED) is 0.651. The van der Waals surface area contributed by atoms with Crippen molar-refractivity contribution in [1.82, 2.24) is 9.38 Å². The summed E-state index contributed by atoms with van der Waals surface area (Å²) in [5.41, 5.74) is 0.649. The number of halogens is 2. The predicted octanol–water partition coefficient (Wildman–Crippen LogP) is 4.16. The number of aliphatic hydroxyl groups is 1. The van der Waals surface area contributed by atoms with Crippen LogP contribution < -0.4 is 19.5 Å². The van der Waals surface area contributed by atoms with Crippen LogP contribution in [0.1, 0.15) is 12.1 Å². The van der Waals surface area contributed by atoms with Crippen LogP contribution >= 0.6 is 0 Å². The predicted molar refractivity (Wildman–Crippen MR) is 110 cm³/mol. The lowest BCUT2D eigenvalue weighted by molar-refractivity contribution is 0.171. The van der Waals surface area contributed by atoms with Gasteiger partial charge < -0.3 is 24.6 Å². The van der Waals surface area contributed by atoms with E-state index in [0.29, 0.717) is 41.9 Å². The third-order valence-corrected chi connectivity index (χ3v) is 5.15. The Balaban J connectivity index is 1.70. The van der Waals surface area contributed by atoms with Gasteiger partial charge in [0, 0.05) is 18.2 Å². The van der Waals surface area contributed by atoms with Crippen LogP contribution in [-0.4, -0.2) is 40.9 Å². The van der Waals surface area contributed by atoms with Crippen molar-refractivity contribution in [3.63, 3.8) is 0 Å². The second kappa shape index (κ2) is 7.59. The zero-order valence-corrected chi connectivity index (χ0v) is 16.6. The minimum Gasteiger partial charge on any atom is -0.486 e. The summed E-state index contributed by atoms with van der Waals surface area (Å²) in [4.78, 5) is 4.44. The third-order valence-electron chi connectivity index (χ3n) is 5.15. The average Bonchev–Trinajstić information content (AvgIpc) is 3.14. The summed E-state index contributed by atoms with van der Waals surface area (Å²) >= 11 is 0. The third kappa shape index (κ3) is 3.27. The molecule has 2 aromatic heterocycles. The van der Waals surface area contributed by atoms with E-state index in [1.54, 1.807) is 40.8 Å². The highest BCUT2D eigenvalue weighted by Gasteiger charge is 2.30. The van der Waals surface area contributed by atoms with Crippen molar-refractivity contribution in [2.45, 2.75) is 12.5 Å². The number of ether oxygens (including phenoxy) is 3. The molecule has 0 spiro atoms. The Kier molecular flexibility index (Phi) is 4.74. The highest BCUT2D eigenvalue weighted by Crippen LogP contribution is 2.41. The molecule has 0 bridgehead atoms. The number of aromatic nitrogens is 2. The minimum atomic E-state index is -1.43. The summed E-state index contributed by atoms with van der Waals surface area (Å²) in [6, 6.07) is 10.4. The van der Waals surface area contributed by atoms with Crippen molar-refractivity contribution in [1.29, 1.82) is 0 Å². The zero-order valence-electron chi connectivity index (χ0n) is 16.6. The number of anilines is 2. The largest absolute Gasteiger partial charge is 0.486 e. The molecule has 1 aromatic carbocycles. The first-order valence-electron chi connectivity index (χ1n) is 9.73. The lowest BCUT2D eigenvalue weighted by Gasteiger charge is -2.20. The topological polar surface area (TPSA) is 77.2 Å². The summed E-state index contributed by atoms with van der Waals surface area (Å²) in [7, 11) is 1.49. The molecule has 9 heteroatoms. The van der Waals surface area contributed by atoms with Gasteiger partial charge in [-0.25, -0.2) is 18.2 Å². The molecule has 0 saturated carbocycles. The Morgan fingerprint density at radius 2 is 1.97 bits per heavy atom. The Morgan fingerprint density at radius 1 is 1.16 bits per heavy atom. The number of nitrogens with zero attached hydrogens (tertiary/aromatic N) is 2. The number of aliphatic hydroxyl groups excluding tert-OH is 1. The van der Waals surface area contributed by atoms with Gasteiger partial charge in [0.05, 0.1) is 12.7 Å². The molecule has 1 aliphatic heterocycles. The summed E-state index contributed by atoms with van der Waals surface area (Å²) in [5, 5.41) is 13.1. The van der Waals surface area contributed by atoms with E-state index in [2.05, 4.69) is 10.3 Å². The minimum absolute atomic E-state index is 0.0180. The van der Waals surface area contributed by atoms with Gasteiger partial charge in [0.15, 0.2) is 11.5 Å². The van der Waals surface area contributed by atoms with Gasteiger partial charge in [-0.05, 0) is 30.3 Å². The first-order valence-corrected chi connectivity index (χ1v) is 9.73. The van der Waals surface area contributed by atoms with E-state index < -0.39 is 17.8 Å². The van der Waals surface area contributed by atoms with Gasteiger partial charge in [0.1, 0.15) is 48.1 Å². The van der Waals surface area contributed by atoms with E-state index in [0.717, 1.165) is 6.08 Å². The molecule has 0 radical (unpaired) electrons. The van der Waals surface area contributed by atoms with Crippen LogP contribution in [-0.2, 0) is 0 Å². The molecule has 160 valence electrons. The molecule has 0 fully saturated rings. The number of benzene rings is 1. The smallest absolute Gasteiger partial charge is 0.200 e. The molecular weight excluding hydrogens is 408 g/mol. The van der Waals surface area contributed by atoms with Crippen LogP contribution in [0.4, 0.5) is 20.3 Å². The Hall–Kier alpha value is -3.59. The summed E-state index contributed by atoms with van der Waals surface area (Å²) in [5.74, 6) is 0.127. The van der Waals surface area contributed by atoms with Gasteiger partial charge in [-0.2, -0.15) is 0 Å². The molecule has 5 rings (SSSR count). The Bertz CT molecular complexity index is 1230. The van der Waals surface area contributed by atoms with Crippen molar-refractivity contribution < 1.29 is 28.1 Å². The molecule has 0 saturated heterocycles. The number of allylic oxidation sites excluding steroid dienone is 2. The second-order valence-corrected chi connectivity index (χ2v) is 7.08. The van der Waals surface area contributed by atoms with E-state index in [1.807, 2.05) is 0 Å². The highest BCUT2D eigenvalue weighted by molar-refractivity contribution is 5.87. The highest BCUT2D eigenvalue weighted by atomic mass is 19.1. The van der Waals surface area contributed by atoms with Crippen molar-refractivity contribution in [3.05, 3.63) is 59.8 Å². The van der Waals surface area contributed by atoms with Gasteiger partial charge in [0.25, 0.3) is 0 Å². The molecule has 31 heavy (non-hydrogen) atoms. The van der Waals surface area contributed by atoms with E-state index >= 15 is 0 Å². The normalized spacial score (nSPS) is 18.2. The van der Waals surface area contributed by atoms with E-state index in [1.165, 1.54) is 7.11 Å². The van der Waals surface area contributed by atoms with Crippen LogP contribution in [0.25, 0.3) is 11.2 Å². The van der Waals surface area contributed by atoms with Crippen LogP contribution in [0.2, 0.25) is 0 Å². The number of pyridine rings is 1. The van der Waals surface area contributed by atoms with Gasteiger partial charge in [-0.1, -0.05) is 6.07 Å².